The minimum atomic E-state index is -0.161. The highest BCUT2D eigenvalue weighted by Crippen LogP contribution is 2.34. The molecule has 0 atom stereocenters. The van der Waals surface area contributed by atoms with Crippen LogP contribution >= 0.6 is 11.3 Å². The van der Waals surface area contributed by atoms with E-state index in [4.69, 9.17) is 4.42 Å². The fourth-order valence-electron chi connectivity index (χ4n) is 2.66. The largest absolute Gasteiger partial charge is 0.450 e. The summed E-state index contributed by atoms with van der Waals surface area (Å²) >= 11 is 1.34. The van der Waals surface area contributed by atoms with Crippen LogP contribution in [0.25, 0.3) is 10.6 Å². The normalized spacial score (nSPS) is 14.8. The lowest BCUT2D eigenvalue weighted by molar-refractivity contribution is -0.114. The van der Waals surface area contributed by atoms with Crippen molar-refractivity contribution in [2.45, 2.75) is 33.1 Å². The number of aromatic nitrogens is 1. The van der Waals surface area contributed by atoms with E-state index in [0.29, 0.717) is 16.7 Å². The number of amides is 2. The quantitative estimate of drug-likeness (QED) is 0.931. The van der Waals surface area contributed by atoms with Gasteiger partial charge in [0.2, 0.25) is 5.91 Å². The summed E-state index contributed by atoms with van der Waals surface area (Å²) in [4.78, 5) is 30.5. The number of rotatable bonds is 3. The molecule has 0 aromatic carbocycles. The molecule has 1 fully saturated rings. The molecular weight excluding hydrogens is 314 g/mol. The lowest BCUT2D eigenvalue weighted by atomic mass is 10.1. The molecule has 2 amide bonds. The van der Waals surface area contributed by atoms with E-state index in [0.717, 1.165) is 36.5 Å². The van der Waals surface area contributed by atoms with Gasteiger partial charge in [-0.05, 0) is 38.3 Å². The Labute approximate surface area is 140 Å². The van der Waals surface area contributed by atoms with Gasteiger partial charge in [-0.1, -0.05) is 11.3 Å². The summed E-state index contributed by atoms with van der Waals surface area (Å²) in [5.41, 5.74) is 0.769. The average molecular weight is 335 g/mol. The van der Waals surface area contributed by atoms with E-state index in [2.05, 4.69) is 10.3 Å². The van der Waals surface area contributed by atoms with Crippen molar-refractivity contribution in [2.24, 2.45) is 0 Å². The first-order valence-electron chi connectivity index (χ1n) is 7.69. The highest BCUT2D eigenvalue weighted by molar-refractivity contribution is 7.19. The average Bonchev–Trinajstić information content (AvgIpc) is 3.13. The van der Waals surface area contributed by atoms with Gasteiger partial charge >= 0.3 is 0 Å². The molecule has 0 bridgehead atoms. The predicted molar refractivity (Wildman–Crippen MR) is 90.7 cm³/mol. The highest BCUT2D eigenvalue weighted by Gasteiger charge is 2.22. The number of carbonyl (C=O) groups is 2. The van der Waals surface area contributed by atoms with Crippen molar-refractivity contribution in [1.29, 1.82) is 0 Å². The third-order valence-corrected chi connectivity index (χ3v) is 4.85. The van der Waals surface area contributed by atoms with Gasteiger partial charge in [0, 0.05) is 21.4 Å². The Kier molecular flexibility index (Phi) is 4.47. The Morgan fingerprint density at radius 1 is 1.30 bits per heavy atom. The molecule has 1 aliphatic heterocycles. The van der Waals surface area contributed by atoms with E-state index in [-0.39, 0.29) is 13.2 Å². The zero-order valence-corrected chi connectivity index (χ0v) is 14.0. The maximum absolute atomic E-state index is 12.4. The highest BCUT2D eigenvalue weighted by atomic mass is 32.1. The molecule has 1 saturated heterocycles. The lowest BCUT2D eigenvalue weighted by Crippen LogP contribution is -2.35. The minimum absolute atomic E-state index is 0. The molecule has 1 aliphatic rings. The van der Waals surface area contributed by atoms with Gasteiger partial charge in [0.05, 0.1) is 10.6 Å². The van der Waals surface area contributed by atoms with Gasteiger partial charge < -0.3 is 14.6 Å². The molecule has 3 heterocycles. The molecule has 124 valence electrons. The summed E-state index contributed by atoms with van der Waals surface area (Å²) < 4.78 is 5.75. The van der Waals surface area contributed by atoms with Gasteiger partial charge in [-0.15, -0.1) is 0 Å². The molecule has 0 saturated carbocycles. The van der Waals surface area contributed by atoms with Gasteiger partial charge in [0.15, 0.2) is 10.9 Å². The van der Waals surface area contributed by atoms with Gasteiger partial charge in [-0.25, -0.2) is 4.98 Å². The fraction of sp³-hybridized carbons (Fsp3) is 0.438. The van der Waals surface area contributed by atoms with Crippen LogP contribution in [0.2, 0.25) is 0 Å². The summed E-state index contributed by atoms with van der Waals surface area (Å²) in [5.74, 6) is 0.749. The SMILES string of the molecule is CC(=O)Nc1nc(C)c(-c2ccc(C(=O)N3CCCCC3)o2)s1.[HH]. The number of piperidine rings is 1. The molecule has 6 nitrogen and oxygen atoms in total. The van der Waals surface area contributed by atoms with Crippen LogP contribution in [-0.2, 0) is 4.79 Å². The Morgan fingerprint density at radius 2 is 2.04 bits per heavy atom. The smallest absolute Gasteiger partial charge is 0.289 e. The monoisotopic (exact) mass is 335 g/mol. The number of nitrogens with zero attached hydrogens (tertiary/aromatic N) is 2. The van der Waals surface area contributed by atoms with E-state index < -0.39 is 0 Å². The second-order valence-electron chi connectivity index (χ2n) is 5.63. The Bertz CT molecular complexity index is 735. The Hall–Kier alpha value is -2.15. The van der Waals surface area contributed by atoms with Crippen LogP contribution in [0, 0.1) is 6.92 Å². The topological polar surface area (TPSA) is 75.4 Å². The Morgan fingerprint density at radius 3 is 2.74 bits per heavy atom. The number of aryl methyl sites for hydroxylation is 1. The third-order valence-electron chi connectivity index (χ3n) is 3.76. The van der Waals surface area contributed by atoms with Crippen LogP contribution in [-0.4, -0.2) is 34.8 Å². The van der Waals surface area contributed by atoms with Crippen molar-refractivity contribution in [3.63, 3.8) is 0 Å². The van der Waals surface area contributed by atoms with Crippen molar-refractivity contribution in [2.75, 3.05) is 18.4 Å². The molecule has 0 radical (unpaired) electrons. The molecule has 0 unspecified atom stereocenters. The number of nitrogens with one attached hydrogen (secondary N) is 1. The zero-order valence-electron chi connectivity index (χ0n) is 13.2. The van der Waals surface area contributed by atoms with Gasteiger partial charge in [-0.2, -0.15) is 0 Å². The zero-order chi connectivity index (χ0) is 16.4. The van der Waals surface area contributed by atoms with E-state index >= 15 is 0 Å². The second-order valence-corrected chi connectivity index (χ2v) is 6.63. The summed E-state index contributed by atoms with van der Waals surface area (Å²) in [6.07, 6.45) is 3.28. The minimum Gasteiger partial charge on any atom is -0.450 e. The van der Waals surface area contributed by atoms with E-state index in [1.165, 1.54) is 24.7 Å². The molecule has 2 aromatic heterocycles. The van der Waals surface area contributed by atoms with Gasteiger partial charge in [0.25, 0.3) is 5.91 Å². The lowest BCUT2D eigenvalue weighted by Gasteiger charge is -2.25. The first-order chi connectivity index (χ1) is 11.0. The summed E-state index contributed by atoms with van der Waals surface area (Å²) in [7, 11) is 0. The first-order valence-corrected chi connectivity index (χ1v) is 8.51. The Balaban J connectivity index is 0.00000208. The molecule has 0 spiro atoms. The number of carbonyl (C=O) groups excluding carboxylic acids is 2. The summed E-state index contributed by atoms with van der Waals surface area (Å²) in [6.45, 7) is 4.88. The first kappa shape index (κ1) is 15.7. The number of hydrogen-bond acceptors (Lipinski definition) is 5. The van der Waals surface area contributed by atoms with Crippen LogP contribution in [0.3, 0.4) is 0 Å². The van der Waals surface area contributed by atoms with Crippen molar-refractivity contribution in [3.05, 3.63) is 23.6 Å². The van der Waals surface area contributed by atoms with Crippen LogP contribution in [0.15, 0.2) is 16.5 Å². The predicted octanol–water partition coefficient (Wildman–Crippen LogP) is 3.54. The van der Waals surface area contributed by atoms with Gasteiger partial charge in [0.1, 0.15) is 5.76 Å². The van der Waals surface area contributed by atoms with Crippen molar-refractivity contribution < 1.29 is 15.4 Å². The van der Waals surface area contributed by atoms with Crippen LogP contribution in [0.1, 0.15) is 43.9 Å². The molecular formula is C16H21N3O3S. The maximum Gasteiger partial charge on any atom is 0.289 e. The maximum atomic E-state index is 12.4. The number of hydrogen-bond donors (Lipinski definition) is 1. The van der Waals surface area contributed by atoms with Crippen LogP contribution in [0.5, 0.6) is 0 Å². The molecule has 2 aromatic rings. The van der Waals surface area contributed by atoms with E-state index in [1.54, 1.807) is 12.1 Å². The van der Waals surface area contributed by atoms with Crippen molar-refractivity contribution in [3.8, 4) is 10.6 Å². The van der Waals surface area contributed by atoms with Crippen LogP contribution in [0.4, 0.5) is 5.13 Å². The molecule has 23 heavy (non-hydrogen) atoms. The molecule has 1 N–H and O–H groups in total. The summed E-state index contributed by atoms with van der Waals surface area (Å²) in [6, 6.07) is 3.50. The van der Waals surface area contributed by atoms with E-state index in [9.17, 15) is 9.59 Å². The number of anilines is 1. The third kappa shape index (κ3) is 3.44. The second kappa shape index (κ2) is 6.54. The van der Waals surface area contributed by atoms with E-state index in [1.807, 2.05) is 11.8 Å². The van der Waals surface area contributed by atoms with Crippen molar-refractivity contribution in [1.82, 2.24) is 9.88 Å². The molecule has 7 heteroatoms. The number of furan rings is 1. The molecule has 0 aliphatic carbocycles. The van der Waals surface area contributed by atoms with Crippen molar-refractivity contribution >= 4 is 28.3 Å². The summed E-state index contributed by atoms with van der Waals surface area (Å²) in [5, 5.41) is 3.20. The number of thiazole rings is 1. The van der Waals surface area contributed by atoms with Gasteiger partial charge in [-0.3, -0.25) is 9.59 Å². The number of likely N-dealkylation sites (tertiary alicyclic amines) is 1. The van der Waals surface area contributed by atoms with Crippen LogP contribution < -0.4 is 5.32 Å². The molecule has 3 rings (SSSR count). The standard InChI is InChI=1S/C16H19N3O3S.H2/c1-10-14(23-16(17-10)18-11(2)20)12-6-7-13(22-12)15(21)19-8-4-3-5-9-19;/h6-7H,3-5,8-9H2,1-2H3,(H,17,18,20);1H. The fourth-order valence-corrected chi connectivity index (χ4v) is 3.63.